The quantitative estimate of drug-likeness (QED) is 0.673. The summed E-state index contributed by atoms with van der Waals surface area (Å²) < 4.78 is 1.53. The molecule has 144 valence electrons. The van der Waals surface area contributed by atoms with Crippen LogP contribution >= 0.6 is 36.7 Å². The molecule has 1 N–H and O–H groups in total. The Morgan fingerprint density at radius 2 is 1.93 bits per heavy atom. The molecule has 10 heteroatoms. The van der Waals surface area contributed by atoms with Gasteiger partial charge in [-0.05, 0) is 44.2 Å². The van der Waals surface area contributed by atoms with E-state index in [9.17, 15) is 4.79 Å². The maximum Gasteiger partial charge on any atom is 0.251 e. The summed E-state index contributed by atoms with van der Waals surface area (Å²) in [4.78, 5) is 21.2. The summed E-state index contributed by atoms with van der Waals surface area (Å²) in [5.41, 5.74) is 0.787. The monoisotopic (exact) mass is 434 g/mol. The number of nitrogens with one attached hydrogen (secondary N) is 1. The molecule has 1 amide bonds. The number of carbonyl (C=O) groups excluding carboxylic acids is 1. The lowest BCUT2D eigenvalue weighted by molar-refractivity contribution is 0.0938. The Balaban J connectivity index is 0.00000280. The number of nitrogens with zero attached hydrogens (tertiary/aromatic N) is 5. The van der Waals surface area contributed by atoms with Crippen LogP contribution in [0.1, 0.15) is 40.5 Å². The molecule has 0 aliphatic rings. The molecular formula is C18H16Cl2N6OS. The Morgan fingerprint density at radius 1 is 1.25 bits per heavy atom. The lowest BCUT2D eigenvalue weighted by Gasteiger charge is -2.14. The molecule has 0 aliphatic heterocycles. The minimum absolute atomic E-state index is 0. The van der Waals surface area contributed by atoms with Crippen molar-refractivity contribution in [1.29, 1.82) is 5.26 Å². The van der Waals surface area contributed by atoms with E-state index in [0.29, 0.717) is 38.6 Å². The van der Waals surface area contributed by atoms with Gasteiger partial charge in [0.1, 0.15) is 11.9 Å². The summed E-state index contributed by atoms with van der Waals surface area (Å²) in [5.74, 6) is 1.19. The van der Waals surface area contributed by atoms with E-state index >= 15 is 0 Å². The van der Waals surface area contributed by atoms with E-state index in [1.54, 1.807) is 32.0 Å². The molecule has 0 spiro atoms. The largest absolute Gasteiger partial charge is 0.342 e. The average molecular weight is 435 g/mol. The normalized spacial score (nSPS) is 11.2. The third-order valence-corrected chi connectivity index (χ3v) is 4.13. The molecule has 0 bridgehead atoms. The van der Waals surface area contributed by atoms with E-state index in [1.165, 1.54) is 23.0 Å². The number of hydrogen-bond donors (Lipinski definition) is 1. The molecule has 0 saturated carbocycles. The van der Waals surface area contributed by atoms with Gasteiger partial charge in [-0.25, -0.2) is 9.97 Å². The summed E-state index contributed by atoms with van der Waals surface area (Å²) in [7, 11) is 0. The number of halogens is 2. The zero-order chi connectivity index (χ0) is 19.6. The van der Waals surface area contributed by atoms with Crippen LogP contribution in [0.25, 0.3) is 5.82 Å². The van der Waals surface area contributed by atoms with Crippen LogP contribution in [0.2, 0.25) is 10.0 Å². The summed E-state index contributed by atoms with van der Waals surface area (Å²) in [6.07, 6.45) is 1.45. The Hall–Kier alpha value is -2.60. The number of carbonyl (C=O) groups is 1. The van der Waals surface area contributed by atoms with Gasteiger partial charge in [0.05, 0.1) is 11.6 Å². The first-order valence-electron chi connectivity index (χ1n) is 7.94. The smallest absolute Gasteiger partial charge is 0.251 e. The minimum Gasteiger partial charge on any atom is -0.342 e. The van der Waals surface area contributed by atoms with E-state index in [2.05, 4.69) is 20.4 Å². The zero-order valence-electron chi connectivity index (χ0n) is 14.9. The highest BCUT2D eigenvalue weighted by atomic mass is 35.5. The lowest BCUT2D eigenvalue weighted by Crippen LogP contribution is -2.28. The van der Waals surface area contributed by atoms with Crippen LogP contribution in [0.4, 0.5) is 0 Å². The second-order valence-electron chi connectivity index (χ2n) is 5.80. The van der Waals surface area contributed by atoms with Crippen LogP contribution in [0.15, 0.2) is 36.5 Å². The maximum atomic E-state index is 12.5. The van der Waals surface area contributed by atoms with Gasteiger partial charge in [-0.1, -0.05) is 23.2 Å². The molecule has 1 atom stereocenters. The van der Waals surface area contributed by atoms with Crippen molar-refractivity contribution >= 4 is 42.6 Å². The van der Waals surface area contributed by atoms with Crippen molar-refractivity contribution in [1.82, 2.24) is 25.1 Å². The van der Waals surface area contributed by atoms with E-state index < -0.39 is 6.04 Å². The average Bonchev–Trinajstić information content (AvgIpc) is 3.03. The Labute approximate surface area is 178 Å². The van der Waals surface area contributed by atoms with Crippen molar-refractivity contribution in [2.75, 3.05) is 0 Å². The molecule has 28 heavy (non-hydrogen) atoms. The number of amides is 1. The number of pyridine rings is 1. The predicted molar refractivity (Wildman–Crippen MR) is 111 cm³/mol. The first-order valence-corrected chi connectivity index (χ1v) is 8.70. The zero-order valence-corrected chi connectivity index (χ0v) is 17.5. The fraction of sp³-hybridized carbons (Fsp3) is 0.167. The van der Waals surface area contributed by atoms with E-state index in [1.807, 2.05) is 6.07 Å². The highest BCUT2D eigenvalue weighted by Crippen LogP contribution is 2.20. The summed E-state index contributed by atoms with van der Waals surface area (Å²) in [5, 5.41) is 16.8. The fourth-order valence-electron chi connectivity index (χ4n) is 2.49. The van der Waals surface area contributed by atoms with Crippen molar-refractivity contribution < 1.29 is 4.79 Å². The Morgan fingerprint density at radius 3 is 2.50 bits per heavy atom. The molecule has 0 saturated heterocycles. The highest BCUT2D eigenvalue weighted by Gasteiger charge is 2.20. The second-order valence-corrected chi connectivity index (χ2v) is 6.67. The van der Waals surface area contributed by atoms with Gasteiger partial charge < -0.3 is 5.32 Å². The van der Waals surface area contributed by atoms with E-state index in [-0.39, 0.29) is 19.4 Å². The van der Waals surface area contributed by atoms with Crippen LogP contribution < -0.4 is 5.32 Å². The minimum atomic E-state index is -0.464. The molecule has 0 radical (unpaired) electrons. The topological polar surface area (TPSA) is 96.5 Å². The molecule has 7 nitrogen and oxygen atoms in total. The van der Waals surface area contributed by atoms with Crippen molar-refractivity contribution in [2.24, 2.45) is 0 Å². The van der Waals surface area contributed by atoms with Crippen molar-refractivity contribution in [3.05, 3.63) is 69.3 Å². The van der Waals surface area contributed by atoms with Crippen LogP contribution in [-0.2, 0) is 0 Å². The molecule has 2 heterocycles. The Bertz CT molecular complexity index is 1020. The van der Waals surface area contributed by atoms with Crippen LogP contribution in [-0.4, -0.2) is 25.7 Å². The van der Waals surface area contributed by atoms with Gasteiger partial charge in [-0.2, -0.15) is 23.4 Å². The third-order valence-electron chi connectivity index (χ3n) is 3.69. The van der Waals surface area contributed by atoms with Crippen molar-refractivity contribution in [3.63, 3.8) is 0 Å². The summed E-state index contributed by atoms with van der Waals surface area (Å²) in [6.45, 7) is 3.53. The van der Waals surface area contributed by atoms with Gasteiger partial charge in [0.2, 0.25) is 0 Å². The predicted octanol–water partition coefficient (Wildman–Crippen LogP) is 3.75. The first kappa shape index (κ1) is 21.7. The second kappa shape index (κ2) is 9.06. The molecule has 0 aliphatic carbocycles. The molecule has 2 aromatic heterocycles. The maximum absolute atomic E-state index is 12.5. The lowest BCUT2D eigenvalue weighted by atomic mass is 10.2. The molecular weight excluding hydrogens is 419 g/mol. The first-order chi connectivity index (χ1) is 12.9. The molecule has 0 unspecified atom stereocenters. The molecule has 3 rings (SSSR count). The van der Waals surface area contributed by atoms with Gasteiger partial charge in [-0.15, -0.1) is 5.10 Å². The van der Waals surface area contributed by atoms with Crippen molar-refractivity contribution in [3.8, 4) is 11.9 Å². The molecule has 0 fully saturated rings. The van der Waals surface area contributed by atoms with Gasteiger partial charge in [-0.3, -0.25) is 4.79 Å². The van der Waals surface area contributed by atoms with E-state index in [0.717, 1.165) is 0 Å². The number of aromatic nitrogens is 4. The summed E-state index contributed by atoms with van der Waals surface area (Å²) >= 11 is 11.9. The number of hydrogen-bond acceptors (Lipinski definition) is 5. The van der Waals surface area contributed by atoms with Crippen molar-refractivity contribution in [2.45, 2.75) is 19.9 Å². The SMILES string of the molecule is Cc1nc([C@H](C)NC(=O)c2cc(Cl)cc(Cl)c2)n(-c2ccc(C#N)cn2)n1.S. The molecule has 3 aromatic rings. The highest BCUT2D eigenvalue weighted by molar-refractivity contribution is 7.59. The van der Waals surface area contributed by atoms with E-state index in [4.69, 9.17) is 28.5 Å². The number of rotatable bonds is 4. The van der Waals surface area contributed by atoms with Crippen LogP contribution in [0.3, 0.4) is 0 Å². The van der Waals surface area contributed by atoms with Gasteiger partial charge in [0.15, 0.2) is 11.6 Å². The Kier molecular flexibility index (Phi) is 7.02. The summed E-state index contributed by atoms with van der Waals surface area (Å²) in [6, 6.07) is 9.48. The standard InChI is InChI=1S/C18H14Cl2N6O.H2S/c1-10(23-18(27)13-5-14(19)7-15(20)6-13)17-24-11(2)25-26(17)16-4-3-12(8-21)9-22-16;/h3-7,9-10H,1-2H3,(H,23,27);1H2/t10-;/m0./s1. The fourth-order valence-corrected chi connectivity index (χ4v) is 3.01. The number of benzene rings is 1. The van der Waals surface area contributed by atoms with Gasteiger partial charge in [0, 0.05) is 21.8 Å². The number of nitriles is 1. The number of aryl methyl sites for hydroxylation is 1. The van der Waals surface area contributed by atoms with Gasteiger partial charge >= 0.3 is 0 Å². The third kappa shape index (κ3) is 4.81. The van der Waals surface area contributed by atoms with Gasteiger partial charge in [0.25, 0.3) is 5.91 Å². The van der Waals surface area contributed by atoms with Crippen LogP contribution in [0.5, 0.6) is 0 Å². The molecule has 1 aromatic carbocycles. The van der Waals surface area contributed by atoms with Crippen LogP contribution in [0, 0.1) is 18.3 Å².